The Balaban J connectivity index is 0.00000208. The molecule has 0 saturated heterocycles. The molecule has 0 saturated carbocycles. The number of furan rings is 1. The van der Waals surface area contributed by atoms with E-state index < -0.39 is 11.6 Å². The topological polar surface area (TPSA) is 40.8 Å². The van der Waals surface area contributed by atoms with E-state index in [0.29, 0.717) is 37.2 Å². The SMILES string of the molecule is CN=C(NCCc1ccco1)N1CCc2c(F)cc(F)cc2C1.I. The number of benzene rings is 1. The van der Waals surface area contributed by atoms with Gasteiger partial charge in [0.1, 0.15) is 17.4 Å². The maximum Gasteiger partial charge on any atom is 0.193 e. The van der Waals surface area contributed by atoms with E-state index in [4.69, 9.17) is 4.42 Å². The van der Waals surface area contributed by atoms with Crippen LogP contribution in [0, 0.1) is 11.6 Å². The van der Waals surface area contributed by atoms with Crippen LogP contribution in [0.2, 0.25) is 0 Å². The number of nitrogens with zero attached hydrogens (tertiary/aromatic N) is 2. The zero-order chi connectivity index (χ0) is 16.2. The molecule has 130 valence electrons. The van der Waals surface area contributed by atoms with Gasteiger partial charge in [0.2, 0.25) is 0 Å². The molecule has 1 aromatic carbocycles. The summed E-state index contributed by atoms with van der Waals surface area (Å²) in [6.07, 6.45) is 2.94. The summed E-state index contributed by atoms with van der Waals surface area (Å²) in [4.78, 5) is 6.27. The summed E-state index contributed by atoms with van der Waals surface area (Å²) in [5, 5.41) is 3.27. The number of hydrogen-bond donors (Lipinski definition) is 1. The van der Waals surface area contributed by atoms with Crippen LogP contribution in [0.1, 0.15) is 16.9 Å². The second kappa shape index (κ2) is 8.46. The van der Waals surface area contributed by atoms with E-state index in [1.165, 1.54) is 6.07 Å². The van der Waals surface area contributed by atoms with Crippen molar-refractivity contribution >= 4 is 29.9 Å². The lowest BCUT2D eigenvalue weighted by Crippen LogP contribution is -2.44. The van der Waals surface area contributed by atoms with Crippen molar-refractivity contribution in [1.29, 1.82) is 0 Å². The van der Waals surface area contributed by atoms with Gasteiger partial charge in [0.05, 0.1) is 6.26 Å². The molecule has 0 unspecified atom stereocenters. The highest BCUT2D eigenvalue weighted by atomic mass is 127. The van der Waals surface area contributed by atoms with Gasteiger partial charge in [-0.15, -0.1) is 24.0 Å². The lowest BCUT2D eigenvalue weighted by atomic mass is 9.99. The van der Waals surface area contributed by atoms with E-state index in [-0.39, 0.29) is 24.0 Å². The lowest BCUT2D eigenvalue weighted by Gasteiger charge is -2.31. The zero-order valence-electron chi connectivity index (χ0n) is 13.4. The van der Waals surface area contributed by atoms with Crippen LogP contribution >= 0.6 is 24.0 Å². The zero-order valence-corrected chi connectivity index (χ0v) is 15.7. The Kier molecular flexibility index (Phi) is 6.59. The molecule has 1 aromatic heterocycles. The Morgan fingerprint density at radius 1 is 1.38 bits per heavy atom. The van der Waals surface area contributed by atoms with Crippen LogP contribution in [0.4, 0.5) is 8.78 Å². The number of fused-ring (bicyclic) bond motifs is 1. The second-order valence-electron chi connectivity index (χ2n) is 5.50. The fourth-order valence-corrected chi connectivity index (χ4v) is 2.87. The predicted molar refractivity (Wildman–Crippen MR) is 99.7 cm³/mol. The molecular formula is C17H20F2IN3O. The van der Waals surface area contributed by atoms with Crippen molar-refractivity contribution in [2.45, 2.75) is 19.4 Å². The molecule has 7 heteroatoms. The number of nitrogens with one attached hydrogen (secondary N) is 1. The molecule has 3 rings (SSSR count). The van der Waals surface area contributed by atoms with Crippen LogP contribution in [-0.2, 0) is 19.4 Å². The van der Waals surface area contributed by atoms with Gasteiger partial charge in [0, 0.05) is 39.2 Å². The van der Waals surface area contributed by atoms with Crippen molar-refractivity contribution < 1.29 is 13.2 Å². The first-order valence-electron chi connectivity index (χ1n) is 7.62. The Bertz CT molecular complexity index is 704. The normalized spacial score (nSPS) is 14.1. The molecule has 24 heavy (non-hydrogen) atoms. The summed E-state index contributed by atoms with van der Waals surface area (Å²) in [7, 11) is 1.71. The monoisotopic (exact) mass is 447 g/mol. The molecule has 1 aliphatic heterocycles. The van der Waals surface area contributed by atoms with Gasteiger partial charge in [0.15, 0.2) is 5.96 Å². The Morgan fingerprint density at radius 3 is 2.92 bits per heavy atom. The van der Waals surface area contributed by atoms with E-state index in [1.807, 2.05) is 17.0 Å². The number of hydrogen-bond acceptors (Lipinski definition) is 2. The van der Waals surface area contributed by atoms with Gasteiger partial charge in [-0.25, -0.2) is 8.78 Å². The number of halogens is 3. The average molecular weight is 447 g/mol. The van der Waals surface area contributed by atoms with Crippen LogP contribution in [0.3, 0.4) is 0 Å². The molecule has 4 nitrogen and oxygen atoms in total. The van der Waals surface area contributed by atoms with Crippen LogP contribution in [0.15, 0.2) is 39.9 Å². The minimum Gasteiger partial charge on any atom is -0.469 e. The van der Waals surface area contributed by atoms with Gasteiger partial charge in [-0.2, -0.15) is 0 Å². The first-order valence-corrected chi connectivity index (χ1v) is 7.62. The van der Waals surface area contributed by atoms with Crippen molar-refractivity contribution in [2.75, 3.05) is 20.1 Å². The minimum absolute atomic E-state index is 0. The van der Waals surface area contributed by atoms with E-state index in [1.54, 1.807) is 13.3 Å². The van der Waals surface area contributed by atoms with Crippen LogP contribution in [-0.4, -0.2) is 31.0 Å². The number of guanidine groups is 1. The van der Waals surface area contributed by atoms with E-state index in [0.717, 1.165) is 24.2 Å². The Labute approximate surface area is 157 Å². The van der Waals surface area contributed by atoms with Crippen LogP contribution < -0.4 is 5.32 Å². The second-order valence-corrected chi connectivity index (χ2v) is 5.50. The van der Waals surface area contributed by atoms with Crippen molar-refractivity contribution in [1.82, 2.24) is 10.2 Å². The minimum atomic E-state index is -0.538. The average Bonchev–Trinajstić information content (AvgIpc) is 3.04. The summed E-state index contributed by atoms with van der Waals surface area (Å²) in [5.74, 6) is 0.636. The smallest absolute Gasteiger partial charge is 0.193 e. The first-order chi connectivity index (χ1) is 11.2. The maximum atomic E-state index is 13.8. The van der Waals surface area contributed by atoms with Gasteiger partial charge >= 0.3 is 0 Å². The standard InChI is InChI=1S/C17H19F2N3O.HI/c1-20-17(21-6-4-14-3-2-8-23-14)22-7-5-15-12(11-22)9-13(18)10-16(15)19;/h2-3,8-10H,4-7,11H2,1H3,(H,20,21);1H. The number of rotatable bonds is 3. The van der Waals surface area contributed by atoms with Gasteiger partial charge in [-0.3, -0.25) is 4.99 Å². The third-order valence-electron chi connectivity index (χ3n) is 3.99. The van der Waals surface area contributed by atoms with E-state index in [2.05, 4.69) is 10.3 Å². The summed E-state index contributed by atoms with van der Waals surface area (Å²) < 4.78 is 32.5. The van der Waals surface area contributed by atoms with Crippen molar-refractivity contribution in [3.8, 4) is 0 Å². The summed E-state index contributed by atoms with van der Waals surface area (Å²) in [6, 6.07) is 6.13. The Hall–Kier alpha value is -1.64. The Morgan fingerprint density at radius 2 is 2.21 bits per heavy atom. The molecular weight excluding hydrogens is 427 g/mol. The molecule has 0 aliphatic carbocycles. The number of aliphatic imine (C=N–C) groups is 1. The summed E-state index contributed by atoms with van der Waals surface area (Å²) in [5.41, 5.74) is 1.29. The van der Waals surface area contributed by atoms with Crippen molar-refractivity contribution in [3.05, 3.63) is 59.1 Å². The molecule has 2 aromatic rings. The summed E-state index contributed by atoms with van der Waals surface area (Å²) in [6.45, 7) is 1.78. The van der Waals surface area contributed by atoms with E-state index >= 15 is 0 Å². The maximum absolute atomic E-state index is 13.8. The highest BCUT2D eigenvalue weighted by molar-refractivity contribution is 14.0. The van der Waals surface area contributed by atoms with Crippen LogP contribution in [0.25, 0.3) is 0 Å². The van der Waals surface area contributed by atoms with Crippen molar-refractivity contribution in [3.63, 3.8) is 0 Å². The third kappa shape index (κ3) is 4.25. The highest BCUT2D eigenvalue weighted by Gasteiger charge is 2.22. The largest absolute Gasteiger partial charge is 0.469 e. The predicted octanol–water partition coefficient (Wildman–Crippen LogP) is 3.35. The highest BCUT2D eigenvalue weighted by Crippen LogP contribution is 2.23. The molecule has 1 aliphatic rings. The molecule has 2 heterocycles. The first kappa shape index (κ1) is 18.7. The molecule has 0 atom stereocenters. The molecule has 0 spiro atoms. The lowest BCUT2D eigenvalue weighted by molar-refractivity contribution is 0.369. The third-order valence-corrected chi connectivity index (χ3v) is 3.99. The van der Waals surface area contributed by atoms with E-state index in [9.17, 15) is 8.78 Å². The molecule has 0 fully saturated rings. The molecule has 1 N–H and O–H groups in total. The molecule has 0 bridgehead atoms. The quantitative estimate of drug-likeness (QED) is 0.446. The van der Waals surface area contributed by atoms with Crippen LogP contribution in [0.5, 0.6) is 0 Å². The van der Waals surface area contributed by atoms with Gasteiger partial charge in [0.25, 0.3) is 0 Å². The molecule has 0 radical (unpaired) electrons. The van der Waals surface area contributed by atoms with Gasteiger partial charge in [-0.1, -0.05) is 0 Å². The summed E-state index contributed by atoms with van der Waals surface area (Å²) >= 11 is 0. The van der Waals surface area contributed by atoms with Gasteiger partial charge in [-0.05, 0) is 35.7 Å². The van der Waals surface area contributed by atoms with Gasteiger partial charge < -0.3 is 14.6 Å². The van der Waals surface area contributed by atoms with Crippen molar-refractivity contribution in [2.24, 2.45) is 4.99 Å². The fraction of sp³-hybridized carbons (Fsp3) is 0.353. The fourth-order valence-electron chi connectivity index (χ4n) is 2.87. The molecule has 0 amide bonds.